The molecule has 4 atom stereocenters. The SMILES string of the molecule is C[C@H](N)C(=O)OP(=O)(O)OC[C@@H]1C=C[C@H](n2cnc3c(NC4CC4)nc(N)nc32)C1. The fourth-order valence-electron chi connectivity index (χ4n) is 3.19. The molecule has 1 unspecified atom stereocenters. The number of anilines is 2. The fraction of sp³-hybridized carbons (Fsp3) is 0.529. The zero-order valence-corrected chi connectivity index (χ0v) is 17.2. The number of rotatable bonds is 8. The number of nitrogen functional groups attached to an aromatic ring is 1. The Balaban J connectivity index is 1.42. The number of hydrogen-bond donors (Lipinski definition) is 4. The minimum absolute atomic E-state index is 0.0867. The van der Waals surface area contributed by atoms with Crippen LogP contribution in [0.2, 0.25) is 0 Å². The van der Waals surface area contributed by atoms with Crippen LogP contribution in [0.4, 0.5) is 11.8 Å². The van der Waals surface area contributed by atoms with E-state index in [1.807, 2.05) is 16.7 Å². The number of imidazole rings is 1. The van der Waals surface area contributed by atoms with Crippen LogP contribution in [0.15, 0.2) is 18.5 Å². The Hall–Kier alpha value is -2.53. The number of carbonyl (C=O) groups excluding carboxylic acids is 1. The lowest BCUT2D eigenvalue weighted by Crippen LogP contribution is -2.28. The summed E-state index contributed by atoms with van der Waals surface area (Å²) in [4.78, 5) is 34.1. The van der Waals surface area contributed by atoms with Crippen LogP contribution in [0, 0.1) is 5.92 Å². The van der Waals surface area contributed by atoms with Crippen LogP contribution in [0.3, 0.4) is 0 Å². The van der Waals surface area contributed by atoms with E-state index in [2.05, 4.69) is 24.8 Å². The van der Waals surface area contributed by atoms with Crippen LogP contribution >= 0.6 is 7.82 Å². The summed E-state index contributed by atoms with van der Waals surface area (Å²) in [7, 11) is -4.52. The second kappa shape index (κ2) is 7.95. The predicted molar refractivity (Wildman–Crippen MR) is 108 cm³/mol. The summed E-state index contributed by atoms with van der Waals surface area (Å²) in [6, 6.07) is -0.712. The number of phosphoric ester groups is 1. The molecule has 30 heavy (non-hydrogen) atoms. The molecule has 2 aliphatic carbocycles. The van der Waals surface area contributed by atoms with Gasteiger partial charge in [-0.2, -0.15) is 9.97 Å². The third kappa shape index (κ3) is 4.62. The summed E-state index contributed by atoms with van der Waals surface area (Å²) in [5.41, 5.74) is 12.5. The van der Waals surface area contributed by atoms with E-state index < -0.39 is 19.8 Å². The van der Waals surface area contributed by atoms with Gasteiger partial charge in [0.1, 0.15) is 6.04 Å². The molecule has 0 radical (unpaired) electrons. The first kappa shape index (κ1) is 20.7. The van der Waals surface area contributed by atoms with Gasteiger partial charge in [-0.3, -0.25) is 9.42 Å². The number of nitrogens with one attached hydrogen (secondary N) is 1. The van der Waals surface area contributed by atoms with Gasteiger partial charge < -0.3 is 25.9 Å². The van der Waals surface area contributed by atoms with Gasteiger partial charge in [0.2, 0.25) is 5.95 Å². The van der Waals surface area contributed by atoms with E-state index in [1.54, 1.807) is 6.33 Å². The highest BCUT2D eigenvalue weighted by atomic mass is 31.2. The molecule has 6 N–H and O–H groups in total. The first-order chi connectivity index (χ1) is 14.2. The van der Waals surface area contributed by atoms with Gasteiger partial charge in [0.05, 0.1) is 19.0 Å². The molecule has 0 aliphatic heterocycles. The average molecular weight is 437 g/mol. The van der Waals surface area contributed by atoms with Gasteiger partial charge in [-0.15, -0.1) is 0 Å². The van der Waals surface area contributed by atoms with Crippen molar-refractivity contribution in [3.63, 3.8) is 0 Å². The van der Waals surface area contributed by atoms with E-state index in [0.29, 0.717) is 29.4 Å². The Morgan fingerprint density at radius 3 is 2.90 bits per heavy atom. The summed E-state index contributed by atoms with van der Waals surface area (Å²) in [5.74, 6) is -0.382. The Kier molecular flexibility index (Phi) is 5.49. The number of fused-ring (bicyclic) bond motifs is 1. The Morgan fingerprint density at radius 1 is 1.43 bits per heavy atom. The van der Waals surface area contributed by atoms with Crippen LogP contribution in [0.25, 0.3) is 11.2 Å². The summed E-state index contributed by atoms with van der Waals surface area (Å²) in [6.07, 6.45) is 8.26. The molecule has 1 fully saturated rings. The van der Waals surface area contributed by atoms with Gasteiger partial charge in [-0.25, -0.2) is 14.3 Å². The summed E-state index contributed by atoms with van der Waals surface area (Å²) < 4.78 is 23.2. The normalized spacial score (nSPS) is 24.0. The number of carbonyl (C=O) groups is 1. The van der Waals surface area contributed by atoms with Crippen molar-refractivity contribution in [3.05, 3.63) is 18.5 Å². The van der Waals surface area contributed by atoms with Crippen molar-refractivity contribution in [1.82, 2.24) is 19.5 Å². The van der Waals surface area contributed by atoms with Crippen LogP contribution < -0.4 is 16.8 Å². The molecule has 2 heterocycles. The maximum Gasteiger partial charge on any atom is 0.529 e. The molecule has 4 rings (SSSR count). The van der Waals surface area contributed by atoms with Crippen molar-refractivity contribution in [1.29, 1.82) is 0 Å². The summed E-state index contributed by atoms with van der Waals surface area (Å²) >= 11 is 0. The monoisotopic (exact) mass is 437 g/mol. The van der Waals surface area contributed by atoms with Crippen LogP contribution in [0.1, 0.15) is 32.2 Å². The van der Waals surface area contributed by atoms with Crippen molar-refractivity contribution in [3.8, 4) is 0 Å². The summed E-state index contributed by atoms with van der Waals surface area (Å²) in [6.45, 7) is 1.26. The van der Waals surface area contributed by atoms with Gasteiger partial charge in [0.25, 0.3) is 0 Å². The van der Waals surface area contributed by atoms with E-state index >= 15 is 0 Å². The molecule has 0 amide bonds. The molecular weight excluding hydrogens is 413 g/mol. The fourth-order valence-corrected chi connectivity index (χ4v) is 4.02. The van der Waals surface area contributed by atoms with Gasteiger partial charge >= 0.3 is 13.8 Å². The van der Waals surface area contributed by atoms with Crippen molar-refractivity contribution in [2.45, 2.75) is 44.3 Å². The maximum absolute atomic E-state index is 11.9. The number of phosphoric acid groups is 1. The minimum Gasteiger partial charge on any atom is -0.369 e. The lowest BCUT2D eigenvalue weighted by atomic mass is 10.1. The first-order valence-corrected chi connectivity index (χ1v) is 11.1. The second-order valence-corrected chi connectivity index (χ2v) is 8.96. The zero-order chi connectivity index (χ0) is 21.5. The number of nitrogens with zero attached hydrogens (tertiary/aromatic N) is 4. The standard InChI is InChI=1S/C17H24N7O5P/c1-9(18)16(25)29-30(26,27)28-7-10-2-5-12(6-10)24-8-20-13-14(21-11-3-4-11)22-17(19)23-15(13)24/h2,5,8-12H,3-4,6-7,18H2,1H3,(H,26,27)(H3,19,21,22,23)/t9-,10+,12-/m0/s1. The minimum atomic E-state index is -4.52. The molecule has 2 aromatic rings. The number of aromatic nitrogens is 4. The van der Waals surface area contributed by atoms with Crippen molar-refractivity contribution < 1.29 is 23.3 Å². The zero-order valence-electron chi connectivity index (χ0n) is 16.3. The molecule has 0 bridgehead atoms. The van der Waals surface area contributed by atoms with E-state index in [4.69, 9.17) is 16.0 Å². The highest BCUT2D eigenvalue weighted by Crippen LogP contribution is 2.45. The molecule has 162 valence electrons. The predicted octanol–water partition coefficient (Wildman–Crippen LogP) is 1.11. The van der Waals surface area contributed by atoms with Gasteiger partial charge in [-0.05, 0) is 26.2 Å². The highest BCUT2D eigenvalue weighted by molar-refractivity contribution is 7.48. The van der Waals surface area contributed by atoms with E-state index in [-0.39, 0.29) is 24.5 Å². The van der Waals surface area contributed by atoms with E-state index in [0.717, 1.165) is 12.8 Å². The van der Waals surface area contributed by atoms with Crippen LogP contribution in [-0.2, 0) is 18.4 Å². The lowest BCUT2D eigenvalue weighted by Gasteiger charge is -2.17. The molecule has 0 saturated heterocycles. The molecule has 12 nitrogen and oxygen atoms in total. The average Bonchev–Trinajstić information content (AvgIpc) is 3.19. The topological polar surface area (TPSA) is 181 Å². The van der Waals surface area contributed by atoms with E-state index in [1.165, 1.54) is 6.92 Å². The molecule has 2 aromatic heterocycles. The van der Waals surface area contributed by atoms with Crippen molar-refractivity contribution in [2.24, 2.45) is 11.7 Å². The molecule has 2 aliphatic rings. The number of nitrogens with two attached hydrogens (primary N) is 2. The Bertz CT molecular complexity index is 1030. The second-order valence-electron chi connectivity index (χ2n) is 7.58. The third-order valence-electron chi connectivity index (χ3n) is 4.89. The quantitative estimate of drug-likeness (QED) is 0.343. The maximum atomic E-state index is 11.9. The molecule has 1 saturated carbocycles. The number of allylic oxidation sites excluding steroid dienone is 1. The van der Waals surface area contributed by atoms with Gasteiger partial charge in [0, 0.05) is 12.0 Å². The van der Waals surface area contributed by atoms with Gasteiger partial charge in [0.15, 0.2) is 17.0 Å². The Labute approximate surface area is 172 Å². The van der Waals surface area contributed by atoms with Gasteiger partial charge in [-0.1, -0.05) is 12.2 Å². The van der Waals surface area contributed by atoms with E-state index in [9.17, 15) is 14.3 Å². The smallest absolute Gasteiger partial charge is 0.369 e. The molecule has 0 spiro atoms. The van der Waals surface area contributed by atoms with Crippen LogP contribution in [0.5, 0.6) is 0 Å². The van der Waals surface area contributed by atoms with Crippen molar-refractivity contribution >= 4 is 36.7 Å². The number of hydrogen-bond acceptors (Lipinski definition) is 10. The first-order valence-electron chi connectivity index (χ1n) is 9.63. The highest BCUT2D eigenvalue weighted by Gasteiger charge is 2.31. The Morgan fingerprint density at radius 2 is 2.20 bits per heavy atom. The lowest BCUT2D eigenvalue weighted by molar-refractivity contribution is -0.137. The third-order valence-corrected chi connectivity index (χ3v) is 5.78. The molecule has 0 aromatic carbocycles. The van der Waals surface area contributed by atoms with Crippen molar-refractivity contribution in [2.75, 3.05) is 17.7 Å². The van der Waals surface area contributed by atoms with Crippen LogP contribution in [-0.4, -0.2) is 49.1 Å². The largest absolute Gasteiger partial charge is 0.529 e. The summed E-state index contributed by atoms with van der Waals surface area (Å²) in [5, 5.41) is 3.32. The molecule has 13 heteroatoms. The molecular formula is C17H24N7O5P.